The Kier molecular flexibility index (Phi) is 4.54. The van der Waals surface area contributed by atoms with Crippen molar-refractivity contribution >= 4 is 23.2 Å². The summed E-state index contributed by atoms with van der Waals surface area (Å²) in [7, 11) is 1.96. The molecule has 0 spiro atoms. The molecule has 0 aromatic heterocycles. The Bertz CT molecular complexity index is 652. The number of halogens is 2. The van der Waals surface area contributed by atoms with E-state index in [1.807, 2.05) is 25.2 Å². The summed E-state index contributed by atoms with van der Waals surface area (Å²) in [5.41, 5.74) is 5.26. The molecule has 21 heavy (non-hydrogen) atoms. The summed E-state index contributed by atoms with van der Waals surface area (Å²) in [6, 6.07) is 12.7. The summed E-state index contributed by atoms with van der Waals surface area (Å²) in [6.45, 7) is 0. The molecule has 0 aliphatic heterocycles. The number of hydrogen-bond acceptors (Lipinski definition) is 1. The molecule has 2 aromatic rings. The Labute approximate surface area is 136 Å². The van der Waals surface area contributed by atoms with Gasteiger partial charge in [-0.25, -0.2) is 0 Å². The van der Waals surface area contributed by atoms with Crippen molar-refractivity contribution in [3.8, 4) is 0 Å². The van der Waals surface area contributed by atoms with Crippen LogP contribution >= 0.6 is 23.2 Å². The Morgan fingerprint density at radius 1 is 1.00 bits per heavy atom. The van der Waals surface area contributed by atoms with Gasteiger partial charge in [-0.1, -0.05) is 53.5 Å². The van der Waals surface area contributed by atoms with Gasteiger partial charge >= 0.3 is 0 Å². The molecule has 1 unspecified atom stereocenters. The van der Waals surface area contributed by atoms with Gasteiger partial charge in [-0.05, 0) is 61.1 Å². The van der Waals surface area contributed by atoms with Crippen LogP contribution in [0.15, 0.2) is 36.4 Å². The van der Waals surface area contributed by atoms with Crippen LogP contribution < -0.4 is 5.32 Å². The Morgan fingerprint density at radius 2 is 1.76 bits per heavy atom. The highest BCUT2D eigenvalue weighted by atomic mass is 35.5. The fraction of sp³-hybridized carbons (Fsp3) is 0.333. The lowest BCUT2D eigenvalue weighted by Gasteiger charge is -2.22. The molecule has 1 N–H and O–H groups in total. The normalized spacial score (nSPS) is 15.6. The number of nitrogens with one attached hydrogen (secondary N) is 1. The summed E-state index contributed by atoms with van der Waals surface area (Å²) in [4.78, 5) is 0. The van der Waals surface area contributed by atoms with E-state index in [0.717, 1.165) is 5.56 Å². The van der Waals surface area contributed by atoms with Gasteiger partial charge in [0, 0.05) is 0 Å². The molecule has 0 amide bonds. The van der Waals surface area contributed by atoms with Gasteiger partial charge < -0.3 is 5.32 Å². The van der Waals surface area contributed by atoms with Crippen LogP contribution in [-0.4, -0.2) is 7.05 Å². The van der Waals surface area contributed by atoms with Gasteiger partial charge in [-0.15, -0.1) is 0 Å². The molecule has 0 saturated carbocycles. The van der Waals surface area contributed by atoms with E-state index >= 15 is 0 Å². The fourth-order valence-electron chi connectivity index (χ4n) is 3.18. The highest BCUT2D eigenvalue weighted by Crippen LogP contribution is 2.34. The molecule has 1 aliphatic rings. The van der Waals surface area contributed by atoms with Gasteiger partial charge in [0.2, 0.25) is 0 Å². The zero-order chi connectivity index (χ0) is 14.8. The fourth-order valence-corrected chi connectivity index (χ4v) is 3.60. The van der Waals surface area contributed by atoms with Crippen molar-refractivity contribution in [2.24, 2.45) is 0 Å². The maximum atomic E-state index is 6.39. The molecule has 0 bridgehead atoms. The average Bonchev–Trinajstić information content (AvgIpc) is 2.52. The lowest BCUT2D eigenvalue weighted by Crippen LogP contribution is -2.19. The molecular formula is C18H19Cl2N. The molecule has 3 rings (SSSR count). The van der Waals surface area contributed by atoms with Crippen molar-refractivity contribution < 1.29 is 0 Å². The van der Waals surface area contributed by atoms with Crippen molar-refractivity contribution in [3.63, 3.8) is 0 Å². The third-order valence-corrected chi connectivity index (χ3v) is 5.12. The first-order valence-corrected chi connectivity index (χ1v) is 8.19. The first-order chi connectivity index (χ1) is 10.2. The van der Waals surface area contributed by atoms with Crippen molar-refractivity contribution in [2.75, 3.05) is 7.05 Å². The van der Waals surface area contributed by atoms with Crippen LogP contribution in [0.5, 0.6) is 0 Å². The molecule has 110 valence electrons. The summed E-state index contributed by atoms with van der Waals surface area (Å²) in [6.07, 6.45) is 4.99. The molecule has 2 aromatic carbocycles. The van der Waals surface area contributed by atoms with Gasteiger partial charge in [0.05, 0.1) is 16.1 Å². The van der Waals surface area contributed by atoms with E-state index in [9.17, 15) is 0 Å². The highest BCUT2D eigenvalue weighted by molar-refractivity contribution is 6.42. The summed E-state index contributed by atoms with van der Waals surface area (Å²) in [5.74, 6) is 0. The number of fused-ring (bicyclic) bond motifs is 1. The molecule has 3 heteroatoms. The van der Waals surface area contributed by atoms with Crippen molar-refractivity contribution in [2.45, 2.75) is 31.7 Å². The van der Waals surface area contributed by atoms with E-state index in [-0.39, 0.29) is 6.04 Å². The highest BCUT2D eigenvalue weighted by Gasteiger charge is 2.18. The minimum absolute atomic E-state index is 0.0726. The van der Waals surface area contributed by atoms with Gasteiger partial charge in [0.15, 0.2) is 0 Å². The zero-order valence-electron chi connectivity index (χ0n) is 12.1. The largest absolute Gasteiger partial charge is 0.309 e. The van der Waals surface area contributed by atoms with Crippen LogP contribution in [0.2, 0.25) is 10.0 Å². The van der Waals surface area contributed by atoms with Gasteiger partial charge in [-0.3, -0.25) is 0 Å². The molecule has 1 atom stereocenters. The Balaban J connectivity index is 2.02. The Morgan fingerprint density at radius 3 is 2.52 bits per heavy atom. The molecule has 1 nitrogen and oxygen atoms in total. The van der Waals surface area contributed by atoms with Gasteiger partial charge in [0.1, 0.15) is 0 Å². The number of benzene rings is 2. The predicted molar refractivity (Wildman–Crippen MR) is 90.4 cm³/mol. The summed E-state index contributed by atoms with van der Waals surface area (Å²) < 4.78 is 0. The van der Waals surface area contributed by atoms with Crippen LogP contribution in [0.3, 0.4) is 0 Å². The number of rotatable bonds is 3. The summed E-state index contributed by atoms with van der Waals surface area (Å²) in [5, 5.41) is 4.61. The van der Waals surface area contributed by atoms with E-state index < -0.39 is 0 Å². The molecule has 0 heterocycles. The lowest BCUT2D eigenvalue weighted by molar-refractivity contribution is 0.668. The smallest absolute Gasteiger partial charge is 0.0643 e. The van der Waals surface area contributed by atoms with Gasteiger partial charge in [0.25, 0.3) is 0 Å². The third kappa shape index (κ3) is 2.96. The van der Waals surface area contributed by atoms with E-state index in [4.69, 9.17) is 23.2 Å². The molecule has 1 aliphatic carbocycles. The van der Waals surface area contributed by atoms with Crippen molar-refractivity contribution in [1.82, 2.24) is 5.32 Å². The third-order valence-electron chi connectivity index (χ3n) is 4.29. The molecule has 0 saturated heterocycles. The quantitative estimate of drug-likeness (QED) is 0.821. The van der Waals surface area contributed by atoms with Crippen LogP contribution in [0.25, 0.3) is 0 Å². The van der Waals surface area contributed by atoms with Crippen LogP contribution in [-0.2, 0) is 12.8 Å². The number of aryl methyl sites for hydroxylation is 2. The molecular weight excluding hydrogens is 301 g/mol. The van der Waals surface area contributed by atoms with E-state index in [2.05, 4.69) is 23.5 Å². The van der Waals surface area contributed by atoms with E-state index in [1.54, 1.807) is 0 Å². The minimum Gasteiger partial charge on any atom is -0.309 e. The Hall–Kier alpha value is -1.02. The first-order valence-electron chi connectivity index (χ1n) is 7.43. The maximum absolute atomic E-state index is 6.39. The standard InChI is InChI=1S/C18H19Cl2N/c1-21-18(15-7-4-8-16(19)17(15)20)14-10-9-12-5-2-3-6-13(12)11-14/h4,7-11,18,21H,2-3,5-6H2,1H3. The maximum Gasteiger partial charge on any atom is 0.0643 e. The van der Waals surface area contributed by atoms with Crippen molar-refractivity contribution in [3.05, 3.63) is 68.7 Å². The second-order valence-electron chi connectivity index (χ2n) is 5.60. The second-order valence-corrected chi connectivity index (χ2v) is 6.39. The SMILES string of the molecule is CNC(c1ccc2c(c1)CCCC2)c1cccc(Cl)c1Cl. The van der Waals surface area contributed by atoms with E-state index in [0.29, 0.717) is 10.0 Å². The lowest BCUT2D eigenvalue weighted by atomic mass is 9.88. The predicted octanol–water partition coefficient (Wildman–Crippen LogP) is 5.18. The topological polar surface area (TPSA) is 12.0 Å². The van der Waals surface area contributed by atoms with E-state index in [1.165, 1.54) is 42.4 Å². The van der Waals surface area contributed by atoms with Crippen LogP contribution in [0, 0.1) is 0 Å². The number of hydrogen-bond donors (Lipinski definition) is 1. The van der Waals surface area contributed by atoms with Crippen molar-refractivity contribution in [1.29, 1.82) is 0 Å². The first kappa shape index (κ1) is 14.9. The monoisotopic (exact) mass is 319 g/mol. The van der Waals surface area contributed by atoms with Gasteiger partial charge in [-0.2, -0.15) is 0 Å². The molecule has 0 fully saturated rings. The average molecular weight is 320 g/mol. The second kappa shape index (κ2) is 6.39. The molecule has 0 radical (unpaired) electrons. The summed E-state index contributed by atoms with van der Waals surface area (Å²) >= 11 is 12.5. The zero-order valence-corrected chi connectivity index (χ0v) is 13.6. The van der Waals surface area contributed by atoms with Crippen LogP contribution in [0.1, 0.15) is 41.1 Å². The minimum atomic E-state index is 0.0726. The van der Waals surface area contributed by atoms with Crippen LogP contribution in [0.4, 0.5) is 0 Å².